The number of benzene rings is 1. The minimum Gasteiger partial charge on any atom is -0.489 e. The van der Waals surface area contributed by atoms with Gasteiger partial charge in [-0.25, -0.2) is 0 Å². The van der Waals surface area contributed by atoms with E-state index in [1.54, 1.807) is 0 Å². The number of hydrogen-bond acceptors (Lipinski definition) is 3. The van der Waals surface area contributed by atoms with Crippen molar-refractivity contribution in [3.8, 4) is 5.75 Å². The first-order valence-corrected chi connectivity index (χ1v) is 7.96. The van der Waals surface area contributed by atoms with Gasteiger partial charge in [0.25, 0.3) is 0 Å². The molecule has 3 N–H and O–H groups in total. The van der Waals surface area contributed by atoms with Crippen molar-refractivity contribution in [3.05, 3.63) is 18.2 Å². The van der Waals surface area contributed by atoms with Crippen LogP contribution in [0.4, 0.5) is 11.4 Å². The second kappa shape index (κ2) is 4.31. The summed E-state index contributed by atoms with van der Waals surface area (Å²) in [5.74, 6) is 4.70. The van der Waals surface area contributed by atoms with Gasteiger partial charge < -0.3 is 15.8 Å². The van der Waals surface area contributed by atoms with Gasteiger partial charge in [0.15, 0.2) is 0 Å². The summed E-state index contributed by atoms with van der Waals surface area (Å²) in [6.07, 6.45) is 4.58. The van der Waals surface area contributed by atoms with Crippen molar-refractivity contribution in [1.29, 1.82) is 0 Å². The Morgan fingerprint density at radius 3 is 2.55 bits per heavy atom. The average molecular weight is 272 g/mol. The molecule has 0 spiro atoms. The average Bonchev–Trinajstić information content (AvgIpc) is 2.81. The Labute approximate surface area is 120 Å². The molecule has 1 aromatic carbocycles. The zero-order valence-corrected chi connectivity index (χ0v) is 12.3. The number of ether oxygens (including phenoxy) is 1. The third-order valence-electron chi connectivity index (χ3n) is 5.44. The van der Waals surface area contributed by atoms with Crippen LogP contribution in [0.2, 0.25) is 0 Å². The molecule has 20 heavy (non-hydrogen) atoms. The molecular weight excluding hydrogens is 248 g/mol. The van der Waals surface area contributed by atoms with Gasteiger partial charge in [-0.15, -0.1) is 0 Å². The molecule has 3 heteroatoms. The maximum absolute atomic E-state index is 5.98. The van der Waals surface area contributed by atoms with E-state index in [9.17, 15) is 0 Å². The quantitative estimate of drug-likeness (QED) is 0.825. The fraction of sp³-hybridized carbons (Fsp3) is 0.647. The van der Waals surface area contributed by atoms with Gasteiger partial charge >= 0.3 is 0 Å². The van der Waals surface area contributed by atoms with E-state index < -0.39 is 0 Å². The van der Waals surface area contributed by atoms with E-state index >= 15 is 0 Å². The zero-order valence-electron chi connectivity index (χ0n) is 12.3. The fourth-order valence-corrected chi connectivity index (χ4v) is 4.69. The molecule has 3 fully saturated rings. The molecule has 3 aliphatic carbocycles. The molecular formula is C17H24N2O. The molecule has 0 amide bonds. The monoisotopic (exact) mass is 272 g/mol. The van der Waals surface area contributed by atoms with Crippen LogP contribution in [0.3, 0.4) is 0 Å². The topological polar surface area (TPSA) is 47.3 Å². The SMILES string of the molecule is CC(C)Oc1cc(NC2C3C4CCC(C4)C23)ccc1N. The van der Waals surface area contributed by atoms with Crippen molar-refractivity contribution in [2.45, 2.75) is 45.3 Å². The number of nitrogen functional groups attached to an aromatic ring is 1. The van der Waals surface area contributed by atoms with E-state index in [4.69, 9.17) is 10.5 Å². The molecule has 0 radical (unpaired) electrons. The molecule has 3 saturated carbocycles. The first kappa shape index (κ1) is 12.4. The van der Waals surface area contributed by atoms with Crippen LogP contribution in [0.25, 0.3) is 0 Å². The molecule has 4 unspecified atom stereocenters. The first-order chi connectivity index (χ1) is 9.63. The third-order valence-corrected chi connectivity index (χ3v) is 5.44. The van der Waals surface area contributed by atoms with Gasteiger partial charge in [0.05, 0.1) is 11.8 Å². The summed E-state index contributed by atoms with van der Waals surface area (Å²) in [6, 6.07) is 6.80. The highest BCUT2D eigenvalue weighted by Gasteiger charge is 2.64. The number of hydrogen-bond donors (Lipinski definition) is 2. The molecule has 4 rings (SSSR count). The van der Waals surface area contributed by atoms with Gasteiger partial charge in [-0.05, 0) is 68.9 Å². The summed E-state index contributed by atoms with van der Waals surface area (Å²) in [7, 11) is 0. The normalized spacial score (nSPS) is 37.0. The van der Waals surface area contributed by atoms with Crippen LogP contribution < -0.4 is 15.8 Å². The molecule has 3 aliphatic rings. The molecule has 0 aromatic heterocycles. The molecule has 1 aromatic rings. The van der Waals surface area contributed by atoms with Crippen molar-refractivity contribution in [2.24, 2.45) is 23.7 Å². The highest BCUT2D eigenvalue weighted by Crippen LogP contribution is 2.66. The Bertz CT molecular complexity index is 512. The number of fused-ring (bicyclic) bond motifs is 5. The van der Waals surface area contributed by atoms with Gasteiger partial charge in [0, 0.05) is 17.8 Å². The van der Waals surface area contributed by atoms with Crippen molar-refractivity contribution < 1.29 is 4.74 Å². The molecule has 2 bridgehead atoms. The van der Waals surface area contributed by atoms with Crippen molar-refractivity contribution in [3.63, 3.8) is 0 Å². The van der Waals surface area contributed by atoms with E-state index in [1.807, 2.05) is 19.9 Å². The summed E-state index contributed by atoms with van der Waals surface area (Å²) in [6.45, 7) is 4.06. The van der Waals surface area contributed by atoms with E-state index in [-0.39, 0.29) is 6.10 Å². The fourth-order valence-electron chi connectivity index (χ4n) is 4.69. The second-order valence-electron chi connectivity index (χ2n) is 7.08. The third kappa shape index (κ3) is 1.87. The van der Waals surface area contributed by atoms with Crippen LogP contribution >= 0.6 is 0 Å². The standard InChI is InChI=1S/C17H24N2O/c1-9(2)20-14-8-12(5-6-13(14)18)19-17-15-10-3-4-11(7-10)16(15)17/h5-6,8-11,15-17,19H,3-4,7,18H2,1-2H3. The van der Waals surface area contributed by atoms with Gasteiger partial charge in [-0.2, -0.15) is 0 Å². The lowest BCUT2D eigenvalue weighted by Crippen LogP contribution is -2.13. The Kier molecular flexibility index (Phi) is 2.66. The zero-order chi connectivity index (χ0) is 13.9. The van der Waals surface area contributed by atoms with Gasteiger partial charge in [0.1, 0.15) is 5.75 Å². The van der Waals surface area contributed by atoms with Crippen molar-refractivity contribution in [2.75, 3.05) is 11.1 Å². The second-order valence-corrected chi connectivity index (χ2v) is 7.08. The minimum atomic E-state index is 0.156. The Hall–Kier alpha value is -1.38. The Morgan fingerprint density at radius 1 is 1.20 bits per heavy atom. The number of anilines is 2. The summed E-state index contributed by atoms with van der Waals surface area (Å²) < 4.78 is 5.77. The van der Waals surface area contributed by atoms with E-state index in [0.717, 1.165) is 40.8 Å². The molecule has 0 saturated heterocycles. The van der Waals surface area contributed by atoms with Crippen LogP contribution in [0.5, 0.6) is 5.75 Å². The van der Waals surface area contributed by atoms with Crippen LogP contribution in [0.1, 0.15) is 33.1 Å². The molecule has 3 nitrogen and oxygen atoms in total. The number of nitrogens with one attached hydrogen (secondary N) is 1. The Morgan fingerprint density at radius 2 is 1.90 bits per heavy atom. The van der Waals surface area contributed by atoms with Crippen molar-refractivity contribution >= 4 is 11.4 Å². The maximum Gasteiger partial charge on any atom is 0.144 e. The van der Waals surface area contributed by atoms with E-state index in [0.29, 0.717) is 6.04 Å². The summed E-state index contributed by atoms with van der Waals surface area (Å²) in [5.41, 5.74) is 7.86. The largest absolute Gasteiger partial charge is 0.489 e. The van der Waals surface area contributed by atoms with Gasteiger partial charge in [0.2, 0.25) is 0 Å². The van der Waals surface area contributed by atoms with E-state index in [1.165, 1.54) is 19.3 Å². The predicted octanol–water partition coefficient (Wildman–Crippen LogP) is 3.51. The Balaban J connectivity index is 1.47. The summed E-state index contributed by atoms with van der Waals surface area (Å²) in [5, 5.41) is 3.72. The van der Waals surface area contributed by atoms with Crippen LogP contribution in [0, 0.1) is 23.7 Å². The van der Waals surface area contributed by atoms with Gasteiger partial charge in [-0.3, -0.25) is 0 Å². The molecule has 0 aliphatic heterocycles. The molecule has 0 heterocycles. The van der Waals surface area contributed by atoms with Crippen LogP contribution in [-0.2, 0) is 0 Å². The smallest absolute Gasteiger partial charge is 0.144 e. The summed E-state index contributed by atoms with van der Waals surface area (Å²) >= 11 is 0. The predicted molar refractivity (Wildman–Crippen MR) is 81.8 cm³/mol. The highest BCUT2D eigenvalue weighted by molar-refractivity contribution is 5.62. The molecule has 4 atom stereocenters. The number of rotatable bonds is 4. The van der Waals surface area contributed by atoms with Crippen LogP contribution in [-0.4, -0.2) is 12.1 Å². The van der Waals surface area contributed by atoms with Crippen molar-refractivity contribution in [1.82, 2.24) is 0 Å². The minimum absolute atomic E-state index is 0.156. The van der Waals surface area contributed by atoms with E-state index in [2.05, 4.69) is 17.4 Å². The van der Waals surface area contributed by atoms with Crippen LogP contribution in [0.15, 0.2) is 18.2 Å². The van der Waals surface area contributed by atoms with Gasteiger partial charge in [-0.1, -0.05) is 0 Å². The lowest BCUT2D eigenvalue weighted by molar-refractivity contribution is 0.244. The first-order valence-electron chi connectivity index (χ1n) is 7.96. The maximum atomic E-state index is 5.98. The highest BCUT2D eigenvalue weighted by atomic mass is 16.5. The summed E-state index contributed by atoms with van der Waals surface area (Å²) in [4.78, 5) is 0. The lowest BCUT2D eigenvalue weighted by Gasteiger charge is -2.16. The number of nitrogens with two attached hydrogens (primary N) is 1. The lowest BCUT2D eigenvalue weighted by atomic mass is 10.0. The molecule has 108 valence electrons.